The van der Waals surface area contributed by atoms with Gasteiger partial charge >= 0.3 is 6.03 Å². The average molecular weight is 306 g/mol. The zero-order valence-corrected chi connectivity index (χ0v) is 13.4. The molecule has 2 amide bonds. The molecule has 122 valence electrons. The second-order valence-electron chi connectivity index (χ2n) is 5.81. The van der Waals surface area contributed by atoms with Crippen molar-refractivity contribution in [2.75, 3.05) is 29.9 Å². The van der Waals surface area contributed by atoms with Crippen molar-refractivity contribution in [3.05, 3.63) is 18.3 Å². The Kier molecular flexibility index (Phi) is 5.60. The number of pyridine rings is 1. The van der Waals surface area contributed by atoms with Crippen LogP contribution in [-0.2, 0) is 0 Å². The molecule has 2 heterocycles. The number of rotatable bonds is 6. The van der Waals surface area contributed by atoms with E-state index in [0.29, 0.717) is 18.5 Å². The van der Waals surface area contributed by atoms with E-state index in [1.54, 1.807) is 6.20 Å². The molecule has 1 aromatic heterocycles. The van der Waals surface area contributed by atoms with E-state index in [9.17, 15) is 9.90 Å². The topological polar surface area (TPSA) is 77.5 Å². The SMILES string of the molecule is CCC(O)(CC)CNC(=O)Nc1cccnc1N1CCCC1. The van der Waals surface area contributed by atoms with E-state index in [-0.39, 0.29) is 12.6 Å². The normalized spacial score (nSPS) is 15.0. The lowest BCUT2D eigenvalue weighted by atomic mass is 9.98. The van der Waals surface area contributed by atoms with Crippen LogP contribution in [0.1, 0.15) is 39.5 Å². The van der Waals surface area contributed by atoms with Crippen molar-refractivity contribution in [3.8, 4) is 0 Å². The Balaban J connectivity index is 1.97. The Morgan fingerprint density at radius 1 is 1.36 bits per heavy atom. The summed E-state index contributed by atoms with van der Waals surface area (Å²) in [5, 5.41) is 15.8. The van der Waals surface area contributed by atoms with E-state index < -0.39 is 5.60 Å². The highest BCUT2D eigenvalue weighted by Gasteiger charge is 2.23. The van der Waals surface area contributed by atoms with Gasteiger partial charge in [0.15, 0.2) is 5.82 Å². The van der Waals surface area contributed by atoms with Crippen LogP contribution in [0.25, 0.3) is 0 Å². The molecular formula is C16H26N4O2. The van der Waals surface area contributed by atoms with Gasteiger partial charge in [-0.2, -0.15) is 0 Å². The molecule has 3 N–H and O–H groups in total. The summed E-state index contributed by atoms with van der Waals surface area (Å²) in [6, 6.07) is 3.35. The number of carbonyl (C=O) groups is 1. The molecule has 0 radical (unpaired) electrons. The average Bonchev–Trinajstić information content (AvgIpc) is 3.07. The fourth-order valence-corrected chi connectivity index (χ4v) is 2.59. The highest BCUT2D eigenvalue weighted by molar-refractivity contribution is 5.92. The third kappa shape index (κ3) is 4.10. The highest BCUT2D eigenvalue weighted by atomic mass is 16.3. The number of hydrogen-bond acceptors (Lipinski definition) is 4. The Morgan fingerprint density at radius 3 is 2.68 bits per heavy atom. The molecule has 0 spiro atoms. The van der Waals surface area contributed by atoms with Crippen LogP contribution in [0.15, 0.2) is 18.3 Å². The third-order valence-electron chi connectivity index (χ3n) is 4.33. The first-order chi connectivity index (χ1) is 10.6. The number of nitrogens with zero attached hydrogens (tertiary/aromatic N) is 2. The second kappa shape index (κ2) is 7.45. The minimum absolute atomic E-state index is 0.241. The summed E-state index contributed by atoms with van der Waals surface area (Å²) in [4.78, 5) is 18.7. The summed E-state index contributed by atoms with van der Waals surface area (Å²) in [7, 11) is 0. The predicted octanol–water partition coefficient (Wildman–Crippen LogP) is 2.35. The van der Waals surface area contributed by atoms with E-state index in [0.717, 1.165) is 31.7 Å². The molecule has 2 rings (SSSR count). The van der Waals surface area contributed by atoms with E-state index in [2.05, 4.69) is 20.5 Å². The molecule has 0 bridgehead atoms. The Bertz CT molecular complexity index is 497. The molecule has 1 aliphatic rings. The molecule has 0 saturated carbocycles. The molecule has 0 aromatic carbocycles. The monoisotopic (exact) mass is 306 g/mol. The van der Waals surface area contributed by atoms with Gasteiger partial charge in [-0.3, -0.25) is 0 Å². The standard InChI is InChI=1S/C16H26N4O2/c1-3-16(22,4-2)12-18-15(21)19-13-8-7-9-17-14(13)20-10-5-6-11-20/h7-9,22H,3-6,10-12H2,1-2H3,(H2,18,19,21). The quantitative estimate of drug-likeness (QED) is 0.754. The minimum atomic E-state index is -0.843. The zero-order valence-electron chi connectivity index (χ0n) is 13.4. The van der Waals surface area contributed by atoms with Gasteiger partial charge in [0.25, 0.3) is 0 Å². The minimum Gasteiger partial charge on any atom is -0.388 e. The lowest BCUT2D eigenvalue weighted by molar-refractivity contribution is 0.0354. The number of aromatic nitrogens is 1. The van der Waals surface area contributed by atoms with E-state index >= 15 is 0 Å². The highest BCUT2D eigenvalue weighted by Crippen LogP contribution is 2.26. The van der Waals surface area contributed by atoms with Gasteiger partial charge in [-0.05, 0) is 37.8 Å². The predicted molar refractivity (Wildman–Crippen MR) is 88.2 cm³/mol. The fraction of sp³-hybridized carbons (Fsp3) is 0.625. The van der Waals surface area contributed by atoms with Gasteiger partial charge in [0.2, 0.25) is 0 Å². The van der Waals surface area contributed by atoms with Gasteiger partial charge in [-0.25, -0.2) is 9.78 Å². The molecular weight excluding hydrogens is 280 g/mol. The van der Waals surface area contributed by atoms with Crippen molar-refractivity contribution in [1.29, 1.82) is 0 Å². The van der Waals surface area contributed by atoms with Gasteiger partial charge in [0, 0.05) is 25.8 Å². The van der Waals surface area contributed by atoms with Crippen LogP contribution in [0.3, 0.4) is 0 Å². The summed E-state index contributed by atoms with van der Waals surface area (Å²) in [6.45, 7) is 6.01. The van der Waals surface area contributed by atoms with Crippen LogP contribution in [0.4, 0.5) is 16.3 Å². The number of amides is 2. The van der Waals surface area contributed by atoms with Gasteiger partial charge < -0.3 is 20.6 Å². The molecule has 6 nitrogen and oxygen atoms in total. The lowest BCUT2D eigenvalue weighted by Crippen LogP contribution is -2.43. The molecule has 6 heteroatoms. The smallest absolute Gasteiger partial charge is 0.319 e. The summed E-state index contributed by atoms with van der Waals surface area (Å²) < 4.78 is 0. The van der Waals surface area contributed by atoms with Crippen molar-refractivity contribution in [3.63, 3.8) is 0 Å². The number of urea groups is 1. The maximum absolute atomic E-state index is 12.1. The first kappa shape index (κ1) is 16.5. The van der Waals surface area contributed by atoms with Crippen LogP contribution in [0.2, 0.25) is 0 Å². The van der Waals surface area contributed by atoms with E-state index in [1.807, 2.05) is 26.0 Å². The molecule has 0 atom stereocenters. The van der Waals surface area contributed by atoms with Crippen LogP contribution >= 0.6 is 0 Å². The molecule has 0 aliphatic carbocycles. The van der Waals surface area contributed by atoms with Crippen molar-refractivity contribution >= 4 is 17.5 Å². The number of nitrogens with one attached hydrogen (secondary N) is 2. The van der Waals surface area contributed by atoms with Gasteiger partial charge in [-0.15, -0.1) is 0 Å². The van der Waals surface area contributed by atoms with Crippen LogP contribution in [0.5, 0.6) is 0 Å². The van der Waals surface area contributed by atoms with Crippen LogP contribution < -0.4 is 15.5 Å². The van der Waals surface area contributed by atoms with Crippen LogP contribution in [-0.4, -0.2) is 41.4 Å². The molecule has 0 unspecified atom stereocenters. The van der Waals surface area contributed by atoms with Crippen molar-refractivity contribution in [1.82, 2.24) is 10.3 Å². The van der Waals surface area contributed by atoms with Gasteiger partial charge in [0.05, 0.1) is 11.3 Å². The van der Waals surface area contributed by atoms with Crippen molar-refractivity contribution < 1.29 is 9.90 Å². The maximum Gasteiger partial charge on any atom is 0.319 e. The lowest BCUT2D eigenvalue weighted by Gasteiger charge is -2.25. The van der Waals surface area contributed by atoms with Gasteiger partial charge in [0.1, 0.15) is 0 Å². The molecule has 1 aromatic rings. The number of hydrogen-bond donors (Lipinski definition) is 3. The van der Waals surface area contributed by atoms with E-state index in [4.69, 9.17) is 0 Å². The Hall–Kier alpha value is -1.82. The van der Waals surface area contributed by atoms with Crippen LogP contribution in [0, 0.1) is 0 Å². The number of carbonyl (C=O) groups excluding carboxylic acids is 1. The summed E-state index contributed by atoms with van der Waals surface area (Å²) in [5.74, 6) is 0.816. The molecule has 1 aliphatic heterocycles. The first-order valence-corrected chi connectivity index (χ1v) is 8.05. The summed E-state index contributed by atoms with van der Waals surface area (Å²) in [6.07, 6.45) is 5.26. The maximum atomic E-state index is 12.1. The molecule has 1 fully saturated rings. The van der Waals surface area contributed by atoms with Crippen molar-refractivity contribution in [2.45, 2.75) is 45.1 Å². The summed E-state index contributed by atoms with van der Waals surface area (Å²) >= 11 is 0. The zero-order chi connectivity index (χ0) is 16.0. The van der Waals surface area contributed by atoms with Gasteiger partial charge in [-0.1, -0.05) is 13.8 Å². The Labute approximate surface area is 131 Å². The number of anilines is 2. The fourth-order valence-electron chi connectivity index (χ4n) is 2.59. The summed E-state index contributed by atoms with van der Waals surface area (Å²) in [5.41, 5.74) is -0.136. The van der Waals surface area contributed by atoms with E-state index in [1.165, 1.54) is 0 Å². The Morgan fingerprint density at radius 2 is 2.05 bits per heavy atom. The number of aliphatic hydroxyl groups is 1. The molecule has 1 saturated heterocycles. The first-order valence-electron chi connectivity index (χ1n) is 8.05. The van der Waals surface area contributed by atoms with Crippen molar-refractivity contribution in [2.24, 2.45) is 0 Å². The molecule has 22 heavy (non-hydrogen) atoms. The third-order valence-corrected chi connectivity index (χ3v) is 4.33. The largest absolute Gasteiger partial charge is 0.388 e. The second-order valence-corrected chi connectivity index (χ2v) is 5.81.